The molecule has 1 aromatic carbocycles. The van der Waals surface area contributed by atoms with Gasteiger partial charge in [0.2, 0.25) is 0 Å². The summed E-state index contributed by atoms with van der Waals surface area (Å²) in [6.07, 6.45) is 0. The summed E-state index contributed by atoms with van der Waals surface area (Å²) in [7, 11) is 1.59. The van der Waals surface area contributed by atoms with Crippen molar-refractivity contribution in [2.75, 3.05) is 20.3 Å². The van der Waals surface area contributed by atoms with E-state index in [-0.39, 0.29) is 5.91 Å². The van der Waals surface area contributed by atoms with E-state index in [2.05, 4.69) is 20.8 Å². The molecule has 7 nitrogen and oxygen atoms in total. The van der Waals surface area contributed by atoms with Gasteiger partial charge in [-0.25, -0.2) is 0 Å². The van der Waals surface area contributed by atoms with Crippen LogP contribution in [0, 0.1) is 6.92 Å². The van der Waals surface area contributed by atoms with E-state index < -0.39 is 0 Å². The third kappa shape index (κ3) is 2.94. The molecule has 0 spiro atoms. The van der Waals surface area contributed by atoms with Crippen LogP contribution in [0.3, 0.4) is 0 Å². The van der Waals surface area contributed by atoms with Gasteiger partial charge in [-0.15, -0.1) is 5.10 Å². The lowest BCUT2D eigenvalue weighted by Gasteiger charge is -2.09. The number of benzene rings is 1. The summed E-state index contributed by atoms with van der Waals surface area (Å²) in [5, 5.41) is 14.1. The van der Waals surface area contributed by atoms with E-state index >= 15 is 0 Å². The Labute approximate surface area is 110 Å². The maximum Gasteiger partial charge on any atom is 0.253 e. The third-order valence-corrected chi connectivity index (χ3v) is 2.59. The van der Waals surface area contributed by atoms with Crippen LogP contribution < -0.4 is 5.32 Å². The summed E-state index contributed by atoms with van der Waals surface area (Å²) in [6.45, 7) is 2.70. The van der Waals surface area contributed by atoms with Gasteiger partial charge in [-0.3, -0.25) is 4.79 Å². The number of rotatable bonds is 5. The summed E-state index contributed by atoms with van der Waals surface area (Å²) >= 11 is 0. The molecule has 19 heavy (non-hydrogen) atoms. The second-order valence-electron chi connectivity index (χ2n) is 3.90. The topological polar surface area (TPSA) is 81.9 Å². The van der Waals surface area contributed by atoms with Crippen LogP contribution >= 0.6 is 0 Å². The minimum absolute atomic E-state index is 0.178. The molecule has 0 atom stereocenters. The van der Waals surface area contributed by atoms with E-state index in [4.69, 9.17) is 4.74 Å². The lowest BCUT2D eigenvalue weighted by molar-refractivity contribution is 0.0937. The molecule has 0 aliphatic carbocycles. The van der Waals surface area contributed by atoms with Gasteiger partial charge in [-0.1, -0.05) is 12.1 Å². The van der Waals surface area contributed by atoms with Gasteiger partial charge in [0.05, 0.1) is 17.9 Å². The van der Waals surface area contributed by atoms with Crippen LogP contribution in [0.4, 0.5) is 0 Å². The van der Waals surface area contributed by atoms with Crippen molar-refractivity contribution in [1.29, 1.82) is 0 Å². The molecule has 0 bridgehead atoms. The molecule has 0 aliphatic rings. The van der Waals surface area contributed by atoms with Crippen molar-refractivity contribution in [2.24, 2.45) is 0 Å². The van der Waals surface area contributed by atoms with Gasteiger partial charge in [0.1, 0.15) is 0 Å². The smallest absolute Gasteiger partial charge is 0.253 e. The molecule has 100 valence electrons. The van der Waals surface area contributed by atoms with Crippen LogP contribution in [0.5, 0.6) is 0 Å². The molecule has 1 aromatic heterocycles. The lowest BCUT2D eigenvalue weighted by Crippen LogP contribution is -2.28. The number of hydrogen-bond acceptors (Lipinski definition) is 5. The first kappa shape index (κ1) is 13.2. The highest BCUT2D eigenvalue weighted by atomic mass is 16.5. The van der Waals surface area contributed by atoms with E-state index in [1.807, 2.05) is 6.07 Å². The minimum atomic E-state index is -0.178. The number of para-hydroxylation sites is 1. The number of nitrogens with zero attached hydrogens (tertiary/aromatic N) is 4. The van der Waals surface area contributed by atoms with Crippen molar-refractivity contribution in [1.82, 2.24) is 25.5 Å². The van der Waals surface area contributed by atoms with Crippen LogP contribution in [0.2, 0.25) is 0 Å². The largest absolute Gasteiger partial charge is 0.383 e. The number of aromatic nitrogens is 4. The Morgan fingerprint density at radius 3 is 2.89 bits per heavy atom. The van der Waals surface area contributed by atoms with Crippen LogP contribution in [0.1, 0.15) is 16.2 Å². The molecule has 1 amide bonds. The Morgan fingerprint density at radius 2 is 2.21 bits per heavy atom. The first-order valence-corrected chi connectivity index (χ1v) is 5.85. The number of nitrogens with one attached hydrogen (secondary N) is 1. The highest BCUT2D eigenvalue weighted by molar-refractivity contribution is 5.97. The summed E-state index contributed by atoms with van der Waals surface area (Å²) in [5.41, 5.74) is 1.17. The molecule has 1 heterocycles. The first-order valence-electron chi connectivity index (χ1n) is 5.85. The molecular weight excluding hydrogens is 246 g/mol. The van der Waals surface area contributed by atoms with Crippen LogP contribution in [-0.2, 0) is 4.74 Å². The van der Waals surface area contributed by atoms with Gasteiger partial charge < -0.3 is 10.1 Å². The fourth-order valence-corrected chi connectivity index (χ4v) is 1.67. The van der Waals surface area contributed by atoms with E-state index in [0.29, 0.717) is 30.2 Å². The maximum atomic E-state index is 12.1. The summed E-state index contributed by atoms with van der Waals surface area (Å²) in [6, 6.07) is 7.17. The van der Waals surface area contributed by atoms with Crippen molar-refractivity contribution in [3.8, 4) is 5.69 Å². The van der Waals surface area contributed by atoms with Gasteiger partial charge >= 0.3 is 0 Å². The fourth-order valence-electron chi connectivity index (χ4n) is 1.67. The molecule has 0 fully saturated rings. The van der Waals surface area contributed by atoms with Crippen molar-refractivity contribution in [3.63, 3.8) is 0 Å². The lowest BCUT2D eigenvalue weighted by atomic mass is 10.1. The minimum Gasteiger partial charge on any atom is -0.383 e. The number of ether oxygens (including phenoxy) is 1. The SMILES string of the molecule is COCCNC(=O)c1ccccc1-n1nnnc1C. The van der Waals surface area contributed by atoms with Crippen LogP contribution in [-0.4, -0.2) is 46.4 Å². The van der Waals surface area contributed by atoms with E-state index in [1.165, 1.54) is 4.68 Å². The molecule has 0 aliphatic heterocycles. The maximum absolute atomic E-state index is 12.1. The third-order valence-electron chi connectivity index (χ3n) is 2.59. The number of tetrazole rings is 1. The Morgan fingerprint density at radius 1 is 1.42 bits per heavy atom. The number of methoxy groups -OCH3 is 1. The molecule has 2 rings (SSSR count). The number of aryl methyl sites for hydroxylation is 1. The molecule has 0 radical (unpaired) electrons. The van der Waals surface area contributed by atoms with Gasteiger partial charge in [-0.05, 0) is 29.5 Å². The fraction of sp³-hybridized carbons (Fsp3) is 0.333. The van der Waals surface area contributed by atoms with Gasteiger partial charge in [0, 0.05) is 13.7 Å². The number of amides is 1. The molecule has 0 saturated carbocycles. The van der Waals surface area contributed by atoms with Crippen molar-refractivity contribution >= 4 is 5.91 Å². The standard InChI is InChI=1S/C12H15N5O2/c1-9-14-15-16-17(9)11-6-4-3-5-10(11)12(18)13-7-8-19-2/h3-6H,7-8H2,1-2H3,(H,13,18). The van der Waals surface area contributed by atoms with Gasteiger partial charge in [0.25, 0.3) is 5.91 Å². The van der Waals surface area contributed by atoms with Crippen LogP contribution in [0.15, 0.2) is 24.3 Å². The van der Waals surface area contributed by atoms with Crippen LogP contribution in [0.25, 0.3) is 5.69 Å². The first-order chi connectivity index (χ1) is 9.24. The van der Waals surface area contributed by atoms with E-state index in [1.54, 1.807) is 32.2 Å². The molecule has 1 N–H and O–H groups in total. The molecular formula is C12H15N5O2. The molecule has 2 aromatic rings. The predicted molar refractivity (Wildman–Crippen MR) is 68.1 cm³/mol. The average Bonchev–Trinajstić information content (AvgIpc) is 2.85. The number of carbonyl (C=O) groups excluding carboxylic acids is 1. The number of hydrogen-bond donors (Lipinski definition) is 1. The Kier molecular flexibility index (Phi) is 4.19. The zero-order valence-electron chi connectivity index (χ0n) is 10.8. The predicted octanol–water partition coefficient (Wildman–Crippen LogP) is 0.347. The molecule has 7 heteroatoms. The normalized spacial score (nSPS) is 10.4. The van der Waals surface area contributed by atoms with Crippen molar-refractivity contribution in [3.05, 3.63) is 35.7 Å². The number of carbonyl (C=O) groups is 1. The molecule has 0 saturated heterocycles. The summed E-state index contributed by atoms with van der Waals surface area (Å²) < 4.78 is 6.43. The highest BCUT2D eigenvalue weighted by Gasteiger charge is 2.14. The Hall–Kier alpha value is -2.28. The molecule has 0 unspecified atom stereocenters. The van der Waals surface area contributed by atoms with Gasteiger partial charge in [0.15, 0.2) is 5.82 Å². The van der Waals surface area contributed by atoms with Gasteiger partial charge in [-0.2, -0.15) is 4.68 Å². The zero-order chi connectivity index (χ0) is 13.7. The quantitative estimate of drug-likeness (QED) is 0.785. The second kappa shape index (κ2) is 6.05. The monoisotopic (exact) mass is 261 g/mol. The van der Waals surface area contributed by atoms with E-state index in [9.17, 15) is 4.79 Å². The summed E-state index contributed by atoms with van der Waals surface area (Å²) in [5.74, 6) is 0.444. The van der Waals surface area contributed by atoms with Crippen molar-refractivity contribution in [2.45, 2.75) is 6.92 Å². The highest BCUT2D eigenvalue weighted by Crippen LogP contribution is 2.14. The Balaban J connectivity index is 2.26. The van der Waals surface area contributed by atoms with Crippen molar-refractivity contribution < 1.29 is 9.53 Å². The Bertz CT molecular complexity index is 567. The average molecular weight is 261 g/mol. The summed E-state index contributed by atoms with van der Waals surface area (Å²) in [4.78, 5) is 12.1. The zero-order valence-corrected chi connectivity index (χ0v) is 10.8. The second-order valence-corrected chi connectivity index (χ2v) is 3.90. The van der Waals surface area contributed by atoms with E-state index in [0.717, 1.165) is 0 Å².